The van der Waals surface area contributed by atoms with Gasteiger partial charge < -0.3 is 27.0 Å². The van der Waals surface area contributed by atoms with Crippen molar-refractivity contribution in [2.45, 2.75) is 65.5 Å². The molecule has 35 heavy (non-hydrogen) atoms. The fraction of sp³-hybridized carbons (Fsp3) is 0.652. The molecular formula is C23H38N6O5S. The molecule has 0 aliphatic carbocycles. The van der Waals surface area contributed by atoms with Crippen LogP contribution in [0.1, 0.15) is 53.4 Å². The maximum absolute atomic E-state index is 13.0. The number of carbonyl (C=O) groups excluding carboxylic acids is 5. The summed E-state index contributed by atoms with van der Waals surface area (Å²) < 4.78 is 0. The molecule has 1 aliphatic rings. The van der Waals surface area contributed by atoms with E-state index >= 15 is 0 Å². The van der Waals surface area contributed by atoms with E-state index in [-0.39, 0.29) is 35.3 Å². The first-order valence-corrected chi connectivity index (χ1v) is 12.3. The first kappa shape index (κ1) is 30.0. The number of primary amides is 1. The molecule has 1 rings (SSSR count). The maximum Gasteiger partial charge on any atom is 0.312 e. The zero-order valence-corrected chi connectivity index (χ0v) is 21.7. The summed E-state index contributed by atoms with van der Waals surface area (Å²) in [5.41, 5.74) is 5.06. The van der Waals surface area contributed by atoms with Crippen LogP contribution in [0.15, 0.2) is 12.2 Å². The average Bonchev–Trinajstić information content (AvgIpc) is 3.10. The zero-order chi connectivity index (χ0) is 26.5. The lowest BCUT2D eigenvalue weighted by molar-refractivity contribution is -0.136. The molecule has 2 atom stereocenters. The maximum atomic E-state index is 13.0. The third kappa shape index (κ3) is 10.8. The monoisotopic (exact) mass is 510 g/mol. The normalized spacial score (nSPS) is 14.7. The van der Waals surface area contributed by atoms with Crippen molar-refractivity contribution in [3.05, 3.63) is 12.2 Å². The second kappa shape index (κ2) is 15.1. The summed E-state index contributed by atoms with van der Waals surface area (Å²) in [7, 11) is 0. The summed E-state index contributed by atoms with van der Waals surface area (Å²) in [6.07, 6.45) is 4.65. The molecule has 6 N–H and O–H groups in total. The summed E-state index contributed by atoms with van der Waals surface area (Å²) in [6.45, 7) is 8.43. The molecule has 0 aromatic heterocycles. The number of nitrogens with zero attached hydrogens (tertiary/aromatic N) is 1. The fourth-order valence-corrected chi connectivity index (χ4v) is 3.67. The minimum atomic E-state index is -0.688. The Balaban J connectivity index is 2.53. The van der Waals surface area contributed by atoms with E-state index in [2.05, 4.69) is 21.3 Å². The van der Waals surface area contributed by atoms with Gasteiger partial charge in [-0.25, -0.2) is 4.79 Å². The van der Waals surface area contributed by atoms with Crippen LogP contribution in [-0.4, -0.2) is 71.3 Å². The van der Waals surface area contributed by atoms with Crippen LogP contribution in [0.5, 0.6) is 0 Å². The van der Waals surface area contributed by atoms with E-state index in [1.807, 2.05) is 13.8 Å². The molecule has 5 amide bonds. The SMILES string of the molecule is CC(C)C(=O)C(CCCNC(N)=O)NC(=O)C(NC(=S)NCCCCN1C(=O)C=CC1=O)C(C)C. The van der Waals surface area contributed by atoms with Gasteiger partial charge in [0.1, 0.15) is 6.04 Å². The van der Waals surface area contributed by atoms with Gasteiger partial charge in [-0.05, 0) is 43.8 Å². The zero-order valence-electron chi connectivity index (χ0n) is 20.9. The predicted octanol–water partition coefficient (Wildman–Crippen LogP) is 0.339. The van der Waals surface area contributed by atoms with Crippen LogP contribution in [0.25, 0.3) is 0 Å². The van der Waals surface area contributed by atoms with Gasteiger partial charge in [-0.1, -0.05) is 27.7 Å². The Morgan fingerprint density at radius 1 is 0.943 bits per heavy atom. The summed E-state index contributed by atoms with van der Waals surface area (Å²) in [4.78, 5) is 60.8. The summed E-state index contributed by atoms with van der Waals surface area (Å²) in [6, 6.07) is -1.99. The number of amides is 5. The molecule has 0 saturated carbocycles. The number of hydrogen-bond donors (Lipinski definition) is 5. The van der Waals surface area contributed by atoms with E-state index in [4.69, 9.17) is 18.0 Å². The van der Waals surface area contributed by atoms with E-state index in [0.717, 1.165) is 0 Å². The van der Waals surface area contributed by atoms with Crippen molar-refractivity contribution in [2.75, 3.05) is 19.6 Å². The molecule has 196 valence electrons. The van der Waals surface area contributed by atoms with Crippen molar-refractivity contribution in [1.29, 1.82) is 0 Å². The van der Waals surface area contributed by atoms with Crippen LogP contribution in [0.2, 0.25) is 0 Å². The number of ketones is 1. The van der Waals surface area contributed by atoms with Crippen LogP contribution >= 0.6 is 12.2 Å². The van der Waals surface area contributed by atoms with Gasteiger partial charge in [0.25, 0.3) is 11.8 Å². The minimum absolute atomic E-state index is 0.0919. The van der Waals surface area contributed by atoms with Gasteiger partial charge in [0.05, 0.1) is 6.04 Å². The van der Waals surface area contributed by atoms with E-state index < -0.39 is 18.1 Å². The lowest BCUT2D eigenvalue weighted by atomic mass is 9.96. The Kier molecular flexibility index (Phi) is 12.9. The largest absolute Gasteiger partial charge is 0.363 e. The Morgan fingerprint density at radius 3 is 2.09 bits per heavy atom. The van der Waals surface area contributed by atoms with Gasteiger partial charge >= 0.3 is 6.03 Å². The molecule has 2 unspecified atom stereocenters. The number of urea groups is 1. The lowest BCUT2D eigenvalue weighted by Crippen LogP contribution is -2.55. The smallest absolute Gasteiger partial charge is 0.312 e. The van der Waals surface area contributed by atoms with Gasteiger partial charge in [0, 0.05) is 37.7 Å². The number of nitrogens with one attached hydrogen (secondary N) is 4. The van der Waals surface area contributed by atoms with Gasteiger partial charge in [-0.15, -0.1) is 0 Å². The molecular weight excluding hydrogens is 472 g/mol. The van der Waals surface area contributed by atoms with Crippen LogP contribution in [0.3, 0.4) is 0 Å². The Bertz CT molecular complexity index is 811. The van der Waals surface area contributed by atoms with Crippen molar-refractivity contribution < 1.29 is 24.0 Å². The van der Waals surface area contributed by atoms with Crippen molar-refractivity contribution >= 4 is 46.9 Å². The van der Waals surface area contributed by atoms with Crippen molar-refractivity contribution in [3.8, 4) is 0 Å². The first-order chi connectivity index (χ1) is 16.4. The number of nitrogens with two attached hydrogens (primary N) is 1. The number of thiocarbonyl (C=S) groups is 1. The third-order valence-electron chi connectivity index (χ3n) is 5.43. The molecule has 0 radical (unpaired) electrons. The fourth-order valence-electron chi connectivity index (χ4n) is 3.44. The summed E-state index contributed by atoms with van der Waals surface area (Å²) in [5, 5.41) is 11.7. The Hall–Kier alpha value is -3.02. The van der Waals surface area contributed by atoms with Crippen LogP contribution < -0.4 is 27.0 Å². The van der Waals surface area contributed by atoms with E-state index in [1.165, 1.54) is 17.1 Å². The standard InChI is InChI=1S/C23H38N6O5S/c1-14(2)19(21(33)27-16(20(32)15(3)4)8-7-12-25-22(24)34)28-23(35)26-11-5-6-13-29-17(30)9-10-18(29)31/h9-10,14-16,19H,5-8,11-13H2,1-4H3,(H,27,33)(H3,24,25,34)(H2,26,28,35). The molecule has 0 saturated heterocycles. The average molecular weight is 511 g/mol. The number of carbonyl (C=O) groups is 5. The van der Waals surface area contributed by atoms with E-state index in [9.17, 15) is 24.0 Å². The van der Waals surface area contributed by atoms with Crippen molar-refractivity contribution in [2.24, 2.45) is 17.6 Å². The molecule has 0 bridgehead atoms. The summed E-state index contributed by atoms with van der Waals surface area (Å²) >= 11 is 5.33. The molecule has 12 heteroatoms. The van der Waals surface area contributed by atoms with Gasteiger partial charge in [0.15, 0.2) is 10.9 Å². The molecule has 1 heterocycles. The predicted molar refractivity (Wildman–Crippen MR) is 136 cm³/mol. The molecule has 0 spiro atoms. The lowest BCUT2D eigenvalue weighted by Gasteiger charge is -2.27. The minimum Gasteiger partial charge on any atom is -0.363 e. The highest BCUT2D eigenvalue weighted by atomic mass is 32.1. The van der Waals surface area contributed by atoms with Crippen molar-refractivity contribution in [3.63, 3.8) is 0 Å². The highest BCUT2D eigenvalue weighted by Crippen LogP contribution is 2.09. The van der Waals surface area contributed by atoms with E-state index in [0.29, 0.717) is 50.4 Å². The summed E-state index contributed by atoms with van der Waals surface area (Å²) in [5.74, 6) is -1.41. The number of rotatable bonds is 15. The van der Waals surface area contributed by atoms with Gasteiger partial charge in [-0.2, -0.15) is 0 Å². The molecule has 0 fully saturated rings. The highest BCUT2D eigenvalue weighted by molar-refractivity contribution is 7.80. The second-order valence-electron chi connectivity index (χ2n) is 9.04. The number of hydrogen-bond acceptors (Lipinski definition) is 6. The van der Waals surface area contributed by atoms with Gasteiger partial charge in [-0.3, -0.25) is 24.1 Å². The van der Waals surface area contributed by atoms with Crippen LogP contribution in [-0.2, 0) is 19.2 Å². The molecule has 0 aromatic rings. The highest BCUT2D eigenvalue weighted by Gasteiger charge is 2.29. The number of Topliss-reactive ketones (excluding diaryl/α,β-unsaturated/α-hetero) is 1. The van der Waals surface area contributed by atoms with E-state index in [1.54, 1.807) is 13.8 Å². The first-order valence-electron chi connectivity index (χ1n) is 11.9. The number of unbranched alkanes of at least 4 members (excludes halogenated alkanes) is 1. The second-order valence-corrected chi connectivity index (χ2v) is 9.45. The van der Waals surface area contributed by atoms with Gasteiger partial charge in [0.2, 0.25) is 5.91 Å². The Labute approximate surface area is 212 Å². The molecule has 0 aromatic carbocycles. The van der Waals surface area contributed by atoms with Crippen molar-refractivity contribution in [1.82, 2.24) is 26.2 Å². The third-order valence-corrected chi connectivity index (χ3v) is 5.69. The topological polar surface area (TPSA) is 163 Å². The number of imide groups is 1. The quantitative estimate of drug-likeness (QED) is 0.120. The van der Waals surface area contributed by atoms with Crippen LogP contribution in [0.4, 0.5) is 4.79 Å². The molecule has 11 nitrogen and oxygen atoms in total. The molecule has 1 aliphatic heterocycles. The van der Waals surface area contributed by atoms with Crippen LogP contribution in [0, 0.1) is 11.8 Å². The Morgan fingerprint density at radius 2 is 1.54 bits per heavy atom.